The second-order valence-corrected chi connectivity index (χ2v) is 4.94. The summed E-state index contributed by atoms with van der Waals surface area (Å²) >= 11 is 0. The van der Waals surface area contributed by atoms with Gasteiger partial charge in [0.25, 0.3) is 0 Å². The normalized spacial score (nSPS) is 31.2. The molecular formula is C11H24N2. The SMILES string of the molecule is CNC1CC(C)CN(CC(C)C)C1. The predicted molar refractivity (Wildman–Crippen MR) is 57.9 cm³/mol. The van der Waals surface area contributed by atoms with Gasteiger partial charge in [-0.3, -0.25) is 0 Å². The monoisotopic (exact) mass is 184 g/mol. The van der Waals surface area contributed by atoms with E-state index in [1.165, 1.54) is 26.1 Å². The largest absolute Gasteiger partial charge is 0.316 e. The molecule has 0 spiro atoms. The lowest BCUT2D eigenvalue weighted by Gasteiger charge is -2.37. The molecule has 1 aliphatic rings. The van der Waals surface area contributed by atoms with E-state index in [1.807, 2.05) is 0 Å². The maximum Gasteiger partial charge on any atom is 0.0195 e. The van der Waals surface area contributed by atoms with Crippen LogP contribution in [0.5, 0.6) is 0 Å². The Hall–Kier alpha value is -0.0800. The third kappa shape index (κ3) is 3.65. The first kappa shape index (κ1) is 11.0. The van der Waals surface area contributed by atoms with Crippen molar-refractivity contribution in [3.63, 3.8) is 0 Å². The number of likely N-dealkylation sites (tertiary alicyclic amines) is 1. The molecule has 2 unspecified atom stereocenters. The minimum atomic E-state index is 0.711. The third-order valence-corrected chi connectivity index (χ3v) is 2.77. The van der Waals surface area contributed by atoms with Crippen LogP contribution in [0, 0.1) is 11.8 Å². The summed E-state index contributed by atoms with van der Waals surface area (Å²) in [5.41, 5.74) is 0. The zero-order valence-corrected chi connectivity index (χ0v) is 9.51. The van der Waals surface area contributed by atoms with E-state index in [1.54, 1.807) is 0 Å². The molecule has 0 aliphatic carbocycles. The molecule has 1 saturated heterocycles. The van der Waals surface area contributed by atoms with Crippen molar-refractivity contribution in [2.45, 2.75) is 33.2 Å². The highest BCUT2D eigenvalue weighted by molar-refractivity contribution is 4.80. The first-order valence-electron chi connectivity index (χ1n) is 5.51. The summed E-state index contributed by atoms with van der Waals surface area (Å²) in [6.45, 7) is 10.7. The van der Waals surface area contributed by atoms with Crippen LogP contribution in [0.1, 0.15) is 27.2 Å². The van der Waals surface area contributed by atoms with Crippen molar-refractivity contribution in [3.8, 4) is 0 Å². The molecular weight excluding hydrogens is 160 g/mol. The number of nitrogens with one attached hydrogen (secondary N) is 1. The lowest BCUT2D eigenvalue weighted by atomic mass is 9.95. The summed E-state index contributed by atoms with van der Waals surface area (Å²) in [5, 5.41) is 3.40. The van der Waals surface area contributed by atoms with Gasteiger partial charge >= 0.3 is 0 Å². The lowest BCUT2D eigenvalue weighted by molar-refractivity contribution is 0.139. The van der Waals surface area contributed by atoms with Gasteiger partial charge in [-0.05, 0) is 25.3 Å². The van der Waals surface area contributed by atoms with Crippen molar-refractivity contribution in [2.75, 3.05) is 26.7 Å². The lowest BCUT2D eigenvalue weighted by Crippen LogP contribution is -2.48. The minimum absolute atomic E-state index is 0.711. The van der Waals surface area contributed by atoms with Crippen molar-refractivity contribution in [1.82, 2.24) is 10.2 Å². The maximum absolute atomic E-state index is 3.40. The molecule has 0 radical (unpaired) electrons. The summed E-state index contributed by atoms with van der Waals surface area (Å²) in [7, 11) is 2.08. The van der Waals surface area contributed by atoms with Gasteiger partial charge in [0.2, 0.25) is 0 Å². The minimum Gasteiger partial charge on any atom is -0.316 e. The van der Waals surface area contributed by atoms with Crippen LogP contribution < -0.4 is 5.32 Å². The molecule has 2 atom stereocenters. The molecule has 1 heterocycles. The van der Waals surface area contributed by atoms with Gasteiger partial charge in [0.05, 0.1) is 0 Å². The van der Waals surface area contributed by atoms with Crippen LogP contribution in [-0.4, -0.2) is 37.6 Å². The first-order valence-corrected chi connectivity index (χ1v) is 5.51. The van der Waals surface area contributed by atoms with Crippen LogP contribution in [0.3, 0.4) is 0 Å². The molecule has 2 heteroatoms. The standard InChI is InChI=1S/C11H24N2/c1-9(2)6-13-7-10(3)5-11(8-13)12-4/h9-12H,5-8H2,1-4H3. The average Bonchev–Trinajstić information content (AvgIpc) is 2.01. The summed E-state index contributed by atoms with van der Waals surface area (Å²) in [5.74, 6) is 1.65. The summed E-state index contributed by atoms with van der Waals surface area (Å²) in [4.78, 5) is 2.60. The second kappa shape index (κ2) is 4.97. The molecule has 0 aromatic heterocycles. The molecule has 1 rings (SSSR count). The van der Waals surface area contributed by atoms with Crippen molar-refractivity contribution >= 4 is 0 Å². The average molecular weight is 184 g/mol. The number of hydrogen-bond donors (Lipinski definition) is 1. The van der Waals surface area contributed by atoms with E-state index in [9.17, 15) is 0 Å². The number of piperidine rings is 1. The van der Waals surface area contributed by atoms with Crippen LogP contribution in [0.15, 0.2) is 0 Å². The van der Waals surface area contributed by atoms with Gasteiger partial charge in [-0.2, -0.15) is 0 Å². The van der Waals surface area contributed by atoms with Gasteiger partial charge in [0.15, 0.2) is 0 Å². The molecule has 0 bridgehead atoms. The molecule has 0 saturated carbocycles. The third-order valence-electron chi connectivity index (χ3n) is 2.77. The van der Waals surface area contributed by atoms with E-state index in [4.69, 9.17) is 0 Å². The first-order chi connectivity index (χ1) is 6.11. The number of likely N-dealkylation sites (N-methyl/N-ethyl adjacent to an activating group) is 1. The predicted octanol–water partition coefficient (Wildman–Crippen LogP) is 1.57. The van der Waals surface area contributed by atoms with E-state index < -0.39 is 0 Å². The smallest absolute Gasteiger partial charge is 0.0195 e. The van der Waals surface area contributed by atoms with E-state index in [2.05, 4.69) is 38.0 Å². The van der Waals surface area contributed by atoms with Crippen molar-refractivity contribution < 1.29 is 0 Å². The molecule has 1 fully saturated rings. The molecule has 1 N–H and O–H groups in total. The molecule has 78 valence electrons. The maximum atomic E-state index is 3.40. The van der Waals surface area contributed by atoms with Gasteiger partial charge in [-0.25, -0.2) is 0 Å². The Labute approximate surface area is 82.7 Å². The van der Waals surface area contributed by atoms with Crippen LogP contribution in [0.2, 0.25) is 0 Å². The Morgan fingerprint density at radius 2 is 2.08 bits per heavy atom. The topological polar surface area (TPSA) is 15.3 Å². The fourth-order valence-electron chi connectivity index (χ4n) is 2.34. The van der Waals surface area contributed by atoms with Gasteiger partial charge in [-0.15, -0.1) is 0 Å². The van der Waals surface area contributed by atoms with Gasteiger partial charge in [0, 0.05) is 25.7 Å². The Morgan fingerprint density at radius 3 is 2.62 bits per heavy atom. The summed E-state index contributed by atoms with van der Waals surface area (Å²) in [6.07, 6.45) is 1.34. The van der Waals surface area contributed by atoms with E-state index >= 15 is 0 Å². The van der Waals surface area contributed by atoms with Crippen LogP contribution >= 0.6 is 0 Å². The van der Waals surface area contributed by atoms with Gasteiger partial charge in [-0.1, -0.05) is 20.8 Å². The van der Waals surface area contributed by atoms with Crippen LogP contribution in [-0.2, 0) is 0 Å². The highest BCUT2D eigenvalue weighted by Gasteiger charge is 2.23. The van der Waals surface area contributed by atoms with Gasteiger partial charge in [0.1, 0.15) is 0 Å². The fourth-order valence-corrected chi connectivity index (χ4v) is 2.34. The summed E-state index contributed by atoms with van der Waals surface area (Å²) < 4.78 is 0. The quantitative estimate of drug-likeness (QED) is 0.716. The van der Waals surface area contributed by atoms with Gasteiger partial charge < -0.3 is 10.2 Å². The molecule has 0 amide bonds. The molecule has 13 heavy (non-hydrogen) atoms. The Balaban J connectivity index is 2.37. The number of rotatable bonds is 3. The molecule has 0 aromatic rings. The Kier molecular flexibility index (Phi) is 4.20. The highest BCUT2D eigenvalue weighted by atomic mass is 15.2. The van der Waals surface area contributed by atoms with E-state index in [0.29, 0.717) is 6.04 Å². The van der Waals surface area contributed by atoms with E-state index in [0.717, 1.165) is 11.8 Å². The fraction of sp³-hybridized carbons (Fsp3) is 1.00. The molecule has 2 nitrogen and oxygen atoms in total. The molecule has 0 aromatic carbocycles. The van der Waals surface area contributed by atoms with E-state index in [-0.39, 0.29) is 0 Å². The molecule has 1 aliphatic heterocycles. The zero-order valence-electron chi connectivity index (χ0n) is 9.51. The summed E-state index contributed by atoms with van der Waals surface area (Å²) in [6, 6.07) is 0.711. The van der Waals surface area contributed by atoms with Crippen LogP contribution in [0.25, 0.3) is 0 Å². The number of hydrogen-bond acceptors (Lipinski definition) is 2. The van der Waals surface area contributed by atoms with Crippen molar-refractivity contribution in [1.29, 1.82) is 0 Å². The van der Waals surface area contributed by atoms with Crippen LogP contribution in [0.4, 0.5) is 0 Å². The Morgan fingerprint density at radius 1 is 1.38 bits per heavy atom. The zero-order chi connectivity index (χ0) is 9.84. The number of nitrogens with zero attached hydrogens (tertiary/aromatic N) is 1. The van der Waals surface area contributed by atoms with Crippen molar-refractivity contribution in [2.24, 2.45) is 11.8 Å². The highest BCUT2D eigenvalue weighted by Crippen LogP contribution is 2.16. The Bertz CT molecular complexity index is 143. The van der Waals surface area contributed by atoms with Crippen molar-refractivity contribution in [3.05, 3.63) is 0 Å². The second-order valence-electron chi connectivity index (χ2n) is 4.94.